The van der Waals surface area contributed by atoms with Gasteiger partial charge in [-0.3, -0.25) is 15.5 Å². The molecule has 5 heteroatoms. The van der Waals surface area contributed by atoms with Gasteiger partial charge in [-0.15, -0.1) is 0 Å². The summed E-state index contributed by atoms with van der Waals surface area (Å²) in [7, 11) is 0. The molecule has 24 heavy (non-hydrogen) atoms. The Balaban J connectivity index is 2.25. The second-order valence-electron chi connectivity index (χ2n) is 7.87. The molecule has 1 aromatic heterocycles. The lowest BCUT2D eigenvalue weighted by Gasteiger charge is -2.35. The number of nitrogens with two attached hydrogens (primary N) is 1. The summed E-state index contributed by atoms with van der Waals surface area (Å²) in [5.41, 5.74) is 4.06. The molecule has 1 saturated carbocycles. The van der Waals surface area contributed by atoms with Crippen molar-refractivity contribution in [2.45, 2.75) is 70.6 Å². The number of aliphatic hydroxyl groups is 1. The van der Waals surface area contributed by atoms with Gasteiger partial charge < -0.3 is 9.84 Å². The van der Waals surface area contributed by atoms with E-state index in [1.165, 1.54) is 6.42 Å². The van der Waals surface area contributed by atoms with Crippen LogP contribution >= 0.6 is 0 Å². The molecular weight excluding hydrogens is 304 g/mol. The van der Waals surface area contributed by atoms with Crippen LogP contribution in [0.15, 0.2) is 24.4 Å². The molecule has 0 saturated heterocycles. The third-order valence-electron chi connectivity index (χ3n) is 4.59. The Labute approximate surface area is 144 Å². The van der Waals surface area contributed by atoms with Crippen LogP contribution in [-0.4, -0.2) is 21.7 Å². The second-order valence-corrected chi connectivity index (χ2v) is 7.87. The normalized spacial score (nSPS) is 20.2. The summed E-state index contributed by atoms with van der Waals surface area (Å²) < 4.78 is 5.54. The number of esters is 1. The summed E-state index contributed by atoms with van der Waals surface area (Å²) in [6.45, 7) is 5.46. The van der Waals surface area contributed by atoms with E-state index in [1.807, 2.05) is 20.8 Å². The molecule has 1 aliphatic rings. The zero-order valence-corrected chi connectivity index (χ0v) is 15.0. The monoisotopic (exact) mass is 334 g/mol. The number of pyridine rings is 1. The SMILES string of the molecule is CC(C)(C)OC(=O)C(CC1CCCCC1)[C@@](N)(O)c1ccccn1. The molecule has 3 N–H and O–H groups in total. The van der Waals surface area contributed by atoms with Gasteiger partial charge in [-0.25, -0.2) is 0 Å². The molecule has 134 valence electrons. The van der Waals surface area contributed by atoms with E-state index in [0.717, 1.165) is 25.7 Å². The van der Waals surface area contributed by atoms with Crippen molar-refractivity contribution in [3.63, 3.8) is 0 Å². The lowest BCUT2D eigenvalue weighted by molar-refractivity contribution is -0.172. The number of rotatable bonds is 5. The van der Waals surface area contributed by atoms with E-state index in [9.17, 15) is 9.90 Å². The Morgan fingerprint density at radius 1 is 1.33 bits per heavy atom. The lowest BCUT2D eigenvalue weighted by Crippen LogP contribution is -2.50. The average molecular weight is 334 g/mol. The Morgan fingerprint density at radius 2 is 2.00 bits per heavy atom. The zero-order chi connectivity index (χ0) is 17.8. The minimum absolute atomic E-state index is 0.302. The molecule has 0 spiro atoms. The largest absolute Gasteiger partial charge is 0.460 e. The van der Waals surface area contributed by atoms with Crippen LogP contribution in [0.25, 0.3) is 0 Å². The summed E-state index contributed by atoms with van der Waals surface area (Å²) in [6, 6.07) is 5.16. The van der Waals surface area contributed by atoms with E-state index < -0.39 is 23.2 Å². The predicted molar refractivity (Wildman–Crippen MR) is 92.8 cm³/mol. The number of carbonyl (C=O) groups excluding carboxylic acids is 1. The van der Waals surface area contributed by atoms with Crippen molar-refractivity contribution >= 4 is 5.97 Å². The summed E-state index contributed by atoms with van der Waals surface area (Å²) in [5, 5.41) is 11.0. The van der Waals surface area contributed by atoms with E-state index in [0.29, 0.717) is 18.0 Å². The van der Waals surface area contributed by atoms with Crippen LogP contribution < -0.4 is 5.73 Å². The van der Waals surface area contributed by atoms with Gasteiger partial charge in [-0.05, 0) is 45.2 Å². The van der Waals surface area contributed by atoms with Gasteiger partial charge in [-0.1, -0.05) is 38.2 Å². The van der Waals surface area contributed by atoms with Gasteiger partial charge in [0.25, 0.3) is 0 Å². The third kappa shape index (κ3) is 5.02. The molecule has 1 unspecified atom stereocenters. The zero-order valence-electron chi connectivity index (χ0n) is 15.0. The molecule has 2 atom stereocenters. The van der Waals surface area contributed by atoms with Crippen molar-refractivity contribution in [3.8, 4) is 0 Å². The van der Waals surface area contributed by atoms with Crippen LogP contribution in [0, 0.1) is 11.8 Å². The highest BCUT2D eigenvalue weighted by molar-refractivity contribution is 5.74. The first kappa shape index (κ1) is 18.9. The highest BCUT2D eigenvalue weighted by Crippen LogP contribution is 2.36. The van der Waals surface area contributed by atoms with E-state index in [2.05, 4.69) is 4.98 Å². The molecule has 1 heterocycles. The maximum atomic E-state index is 12.8. The molecule has 0 aliphatic heterocycles. The molecule has 1 aliphatic carbocycles. The summed E-state index contributed by atoms with van der Waals surface area (Å²) >= 11 is 0. The predicted octanol–water partition coefficient (Wildman–Crippen LogP) is 3.11. The van der Waals surface area contributed by atoms with Crippen LogP contribution in [0.3, 0.4) is 0 Å². The van der Waals surface area contributed by atoms with E-state index in [-0.39, 0.29) is 0 Å². The quantitative estimate of drug-likeness (QED) is 0.638. The molecule has 1 fully saturated rings. The van der Waals surface area contributed by atoms with Crippen LogP contribution in [0.4, 0.5) is 0 Å². The maximum Gasteiger partial charge on any atom is 0.314 e. The van der Waals surface area contributed by atoms with Crippen molar-refractivity contribution in [3.05, 3.63) is 30.1 Å². The summed E-state index contributed by atoms with van der Waals surface area (Å²) in [4.78, 5) is 16.9. The van der Waals surface area contributed by atoms with Gasteiger partial charge in [0.05, 0.1) is 5.69 Å². The van der Waals surface area contributed by atoms with Crippen LogP contribution in [0.2, 0.25) is 0 Å². The fraction of sp³-hybridized carbons (Fsp3) is 0.684. The third-order valence-corrected chi connectivity index (χ3v) is 4.59. The topological polar surface area (TPSA) is 85.4 Å². The van der Waals surface area contributed by atoms with Crippen molar-refractivity contribution in [1.29, 1.82) is 0 Å². The Bertz CT molecular complexity index is 531. The number of hydrogen-bond donors (Lipinski definition) is 2. The van der Waals surface area contributed by atoms with Gasteiger partial charge in [0.15, 0.2) is 5.72 Å². The standard InChI is InChI=1S/C19H30N2O3/c1-18(2,3)24-17(22)15(13-14-9-5-4-6-10-14)19(20,23)16-11-7-8-12-21-16/h7-8,11-12,14-15,23H,4-6,9-10,13,20H2,1-3H3/t15?,19-/m1/s1. The average Bonchev–Trinajstić information content (AvgIpc) is 2.52. The van der Waals surface area contributed by atoms with Crippen LogP contribution in [-0.2, 0) is 15.3 Å². The molecule has 0 bridgehead atoms. The van der Waals surface area contributed by atoms with Crippen molar-refractivity contribution in [2.24, 2.45) is 17.6 Å². The Morgan fingerprint density at radius 3 is 2.54 bits per heavy atom. The first-order valence-electron chi connectivity index (χ1n) is 8.86. The number of nitrogens with zero attached hydrogens (tertiary/aromatic N) is 1. The number of carbonyl (C=O) groups is 1. The summed E-state index contributed by atoms with van der Waals surface area (Å²) in [5.74, 6) is -0.895. The fourth-order valence-electron chi connectivity index (χ4n) is 3.36. The van der Waals surface area contributed by atoms with Crippen molar-refractivity contribution in [1.82, 2.24) is 4.98 Å². The van der Waals surface area contributed by atoms with Gasteiger partial charge in [0, 0.05) is 6.20 Å². The smallest absolute Gasteiger partial charge is 0.314 e. The highest BCUT2D eigenvalue weighted by Gasteiger charge is 2.44. The first-order chi connectivity index (χ1) is 11.2. The fourth-order valence-corrected chi connectivity index (χ4v) is 3.36. The van der Waals surface area contributed by atoms with Gasteiger partial charge in [-0.2, -0.15) is 0 Å². The minimum Gasteiger partial charge on any atom is -0.460 e. The van der Waals surface area contributed by atoms with Gasteiger partial charge in [0.2, 0.25) is 0 Å². The molecule has 2 rings (SSSR count). The second kappa shape index (κ2) is 7.62. The molecule has 5 nitrogen and oxygen atoms in total. The number of hydrogen-bond acceptors (Lipinski definition) is 5. The van der Waals surface area contributed by atoms with Gasteiger partial charge >= 0.3 is 5.97 Å². The van der Waals surface area contributed by atoms with Crippen molar-refractivity contribution < 1.29 is 14.6 Å². The van der Waals surface area contributed by atoms with Crippen molar-refractivity contribution in [2.75, 3.05) is 0 Å². The minimum atomic E-state index is -1.83. The lowest BCUT2D eigenvalue weighted by atomic mass is 9.78. The highest BCUT2D eigenvalue weighted by atomic mass is 16.6. The Hall–Kier alpha value is -1.46. The molecular formula is C19H30N2O3. The van der Waals surface area contributed by atoms with Gasteiger partial charge in [0.1, 0.15) is 11.5 Å². The molecule has 0 amide bonds. The Kier molecular flexibility index (Phi) is 5.99. The van der Waals surface area contributed by atoms with E-state index >= 15 is 0 Å². The first-order valence-corrected chi connectivity index (χ1v) is 8.86. The summed E-state index contributed by atoms with van der Waals surface area (Å²) in [6.07, 6.45) is 7.80. The molecule has 0 aromatic carbocycles. The molecule has 1 aromatic rings. The van der Waals surface area contributed by atoms with Crippen LogP contribution in [0.1, 0.15) is 65.0 Å². The van der Waals surface area contributed by atoms with E-state index in [4.69, 9.17) is 10.5 Å². The van der Waals surface area contributed by atoms with Crippen LogP contribution in [0.5, 0.6) is 0 Å². The van der Waals surface area contributed by atoms with E-state index in [1.54, 1.807) is 24.4 Å². The number of aromatic nitrogens is 1. The number of ether oxygens (including phenoxy) is 1. The maximum absolute atomic E-state index is 12.8. The molecule has 0 radical (unpaired) electrons.